The minimum Gasteiger partial charge on any atom is -0.329 e. The van der Waals surface area contributed by atoms with Crippen LogP contribution in [0.4, 0.5) is 0 Å². The molecule has 0 amide bonds. The van der Waals surface area contributed by atoms with E-state index in [0.29, 0.717) is 12.1 Å². The first kappa shape index (κ1) is 11.6. The Hall–Kier alpha value is -0.870. The third-order valence-corrected chi connectivity index (χ3v) is 3.61. The first-order chi connectivity index (χ1) is 7.81. The molecule has 0 bridgehead atoms. The van der Waals surface area contributed by atoms with E-state index < -0.39 is 0 Å². The molecule has 2 N–H and O–H groups in total. The largest absolute Gasteiger partial charge is 0.329 e. The summed E-state index contributed by atoms with van der Waals surface area (Å²) in [7, 11) is 0. The second kappa shape index (κ2) is 5.46. The van der Waals surface area contributed by atoms with Crippen molar-refractivity contribution < 1.29 is 0 Å². The second-order valence-corrected chi connectivity index (χ2v) is 4.68. The number of rotatable bonds is 4. The van der Waals surface area contributed by atoms with Crippen LogP contribution < -0.4 is 5.73 Å². The van der Waals surface area contributed by atoms with Gasteiger partial charge in [0.25, 0.3) is 0 Å². The topological polar surface area (TPSA) is 47.1 Å². The second-order valence-electron chi connectivity index (χ2n) is 4.68. The molecule has 0 aromatic carbocycles. The van der Waals surface area contributed by atoms with Gasteiger partial charge in [-0.1, -0.05) is 6.42 Å². The summed E-state index contributed by atoms with van der Waals surface area (Å²) in [6.07, 6.45) is 7.73. The smallest absolute Gasteiger partial charge is 0.0536 e. The highest BCUT2D eigenvalue weighted by Crippen LogP contribution is 2.21. The molecule has 1 aliphatic heterocycles. The number of likely N-dealkylation sites (tertiary alicyclic amines) is 1. The zero-order valence-electron chi connectivity index (χ0n) is 10.0. The van der Waals surface area contributed by atoms with Crippen LogP contribution in [0.5, 0.6) is 0 Å². The van der Waals surface area contributed by atoms with Gasteiger partial charge in [-0.05, 0) is 25.8 Å². The third-order valence-electron chi connectivity index (χ3n) is 3.61. The highest BCUT2D eigenvalue weighted by atomic mass is 15.3. The van der Waals surface area contributed by atoms with Crippen molar-refractivity contribution in [1.82, 2.24) is 14.7 Å². The van der Waals surface area contributed by atoms with Gasteiger partial charge in [-0.15, -0.1) is 0 Å². The van der Waals surface area contributed by atoms with Crippen LogP contribution in [0.1, 0.15) is 26.2 Å². The van der Waals surface area contributed by atoms with Crippen molar-refractivity contribution in [2.75, 3.05) is 13.1 Å². The predicted molar refractivity (Wildman–Crippen MR) is 65.1 cm³/mol. The van der Waals surface area contributed by atoms with Crippen molar-refractivity contribution in [2.24, 2.45) is 5.73 Å². The molecule has 1 aromatic rings. The molecule has 2 unspecified atom stereocenters. The van der Waals surface area contributed by atoms with Gasteiger partial charge < -0.3 is 5.73 Å². The molecule has 16 heavy (non-hydrogen) atoms. The molecule has 0 saturated carbocycles. The summed E-state index contributed by atoms with van der Waals surface area (Å²) < 4.78 is 1.99. The molecule has 90 valence electrons. The van der Waals surface area contributed by atoms with Crippen molar-refractivity contribution in [1.29, 1.82) is 0 Å². The van der Waals surface area contributed by atoms with Crippen molar-refractivity contribution in [3.63, 3.8) is 0 Å². The summed E-state index contributed by atoms with van der Waals surface area (Å²) in [5.41, 5.74) is 5.84. The van der Waals surface area contributed by atoms with E-state index in [4.69, 9.17) is 5.73 Å². The lowest BCUT2D eigenvalue weighted by molar-refractivity contribution is 0.0919. The van der Waals surface area contributed by atoms with E-state index in [1.54, 1.807) is 0 Å². The Kier molecular flexibility index (Phi) is 3.96. The zero-order valence-corrected chi connectivity index (χ0v) is 10.0. The van der Waals surface area contributed by atoms with Crippen LogP contribution in [0.25, 0.3) is 0 Å². The highest BCUT2D eigenvalue weighted by Gasteiger charge is 2.26. The van der Waals surface area contributed by atoms with Gasteiger partial charge in [-0.25, -0.2) is 0 Å². The van der Waals surface area contributed by atoms with E-state index in [1.807, 2.05) is 23.1 Å². The molecule has 2 heterocycles. The van der Waals surface area contributed by atoms with E-state index in [1.165, 1.54) is 19.3 Å². The SMILES string of the molecule is CC1CCCC(CN)N1CCn1cccn1. The maximum atomic E-state index is 5.84. The number of hydrogen-bond acceptors (Lipinski definition) is 3. The molecule has 0 radical (unpaired) electrons. The molecule has 0 spiro atoms. The lowest BCUT2D eigenvalue weighted by Crippen LogP contribution is -2.49. The quantitative estimate of drug-likeness (QED) is 0.829. The lowest BCUT2D eigenvalue weighted by atomic mass is 9.96. The Bertz CT molecular complexity index is 296. The van der Waals surface area contributed by atoms with E-state index in [9.17, 15) is 0 Å². The van der Waals surface area contributed by atoms with Gasteiger partial charge in [0.05, 0.1) is 6.54 Å². The first-order valence-electron chi connectivity index (χ1n) is 6.24. The summed E-state index contributed by atoms with van der Waals surface area (Å²) in [6, 6.07) is 3.21. The lowest BCUT2D eigenvalue weighted by Gasteiger charge is -2.40. The van der Waals surface area contributed by atoms with Crippen molar-refractivity contribution in [3.8, 4) is 0 Å². The van der Waals surface area contributed by atoms with Crippen molar-refractivity contribution in [3.05, 3.63) is 18.5 Å². The molecule has 1 aromatic heterocycles. The molecule has 4 heteroatoms. The van der Waals surface area contributed by atoms with Gasteiger partial charge in [-0.3, -0.25) is 9.58 Å². The van der Waals surface area contributed by atoms with Gasteiger partial charge >= 0.3 is 0 Å². The zero-order chi connectivity index (χ0) is 11.4. The number of nitrogens with two attached hydrogens (primary N) is 1. The number of piperidine rings is 1. The van der Waals surface area contributed by atoms with E-state index in [-0.39, 0.29) is 0 Å². The van der Waals surface area contributed by atoms with E-state index >= 15 is 0 Å². The Morgan fingerprint density at radius 2 is 2.25 bits per heavy atom. The molecule has 1 aliphatic rings. The van der Waals surface area contributed by atoms with Crippen LogP contribution in [0.15, 0.2) is 18.5 Å². The van der Waals surface area contributed by atoms with Gasteiger partial charge in [0.2, 0.25) is 0 Å². The maximum absolute atomic E-state index is 5.84. The van der Waals surface area contributed by atoms with Crippen LogP contribution in [-0.2, 0) is 6.54 Å². The summed E-state index contributed by atoms with van der Waals surface area (Å²) in [6.45, 7) is 5.12. The molecule has 4 nitrogen and oxygen atoms in total. The summed E-state index contributed by atoms with van der Waals surface area (Å²) >= 11 is 0. The van der Waals surface area contributed by atoms with Crippen LogP contribution >= 0.6 is 0 Å². The highest BCUT2D eigenvalue weighted by molar-refractivity contribution is 4.84. The van der Waals surface area contributed by atoms with E-state index in [2.05, 4.69) is 16.9 Å². The van der Waals surface area contributed by atoms with Crippen LogP contribution in [0, 0.1) is 0 Å². The average Bonchev–Trinajstić information content (AvgIpc) is 2.80. The van der Waals surface area contributed by atoms with Gasteiger partial charge in [0.15, 0.2) is 0 Å². The summed E-state index contributed by atoms with van der Waals surface area (Å²) in [4.78, 5) is 2.55. The molecule has 2 rings (SSSR count). The molecule has 0 aliphatic carbocycles. The average molecular weight is 222 g/mol. The molecule has 2 atom stereocenters. The number of nitrogens with zero attached hydrogens (tertiary/aromatic N) is 3. The fraction of sp³-hybridized carbons (Fsp3) is 0.750. The minimum absolute atomic E-state index is 0.569. The Morgan fingerprint density at radius 1 is 1.38 bits per heavy atom. The third kappa shape index (κ3) is 2.62. The van der Waals surface area contributed by atoms with Crippen LogP contribution in [0.3, 0.4) is 0 Å². The van der Waals surface area contributed by atoms with Gasteiger partial charge in [0, 0.05) is 37.6 Å². The molecular weight excluding hydrogens is 200 g/mol. The van der Waals surface area contributed by atoms with Crippen LogP contribution in [-0.4, -0.2) is 39.9 Å². The Labute approximate surface area is 97.4 Å². The molecule has 1 fully saturated rings. The normalized spacial score (nSPS) is 27.1. The fourth-order valence-corrected chi connectivity index (χ4v) is 2.65. The van der Waals surface area contributed by atoms with Crippen LogP contribution in [0.2, 0.25) is 0 Å². The molecule has 1 saturated heterocycles. The van der Waals surface area contributed by atoms with Gasteiger partial charge in [-0.2, -0.15) is 5.10 Å². The van der Waals surface area contributed by atoms with E-state index in [0.717, 1.165) is 19.6 Å². The monoisotopic (exact) mass is 222 g/mol. The first-order valence-corrected chi connectivity index (χ1v) is 6.24. The Morgan fingerprint density at radius 3 is 2.94 bits per heavy atom. The molecular formula is C12H22N4. The summed E-state index contributed by atoms with van der Waals surface area (Å²) in [5, 5.41) is 4.24. The van der Waals surface area contributed by atoms with Crippen molar-refractivity contribution >= 4 is 0 Å². The predicted octanol–water partition coefficient (Wildman–Crippen LogP) is 1.08. The van der Waals surface area contributed by atoms with Gasteiger partial charge in [0.1, 0.15) is 0 Å². The maximum Gasteiger partial charge on any atom is 0.0536 e. The Balaban J connectivity index is 1.90. The summed E-state index contributed by atoms with van der Waals surface area (Å²) in [5.74, 6) is 0. The fourth-order valence-electron chi connectivity index (χ4n) is 2.65. The minimum atomic E-state index is 0.569. The van der Waals surface area contributed by atoms with Crippen molar-refractivity contribution in [2.45, 2.75) is 44.8 Å². The number of aromatic nitrogens is 2. The number of hydrogen-bond donors (Lipinski definition) is 1. The standard InChI is InChI=1S/C12H22N4/c1-11-4-2-5-12(10-13)16(11)9-8-15-7-3-6-14-15/h3,6-7,11-12H,2,4-5,8-10,13H2,1H3.